The second-order valence-corrected chi connectivity index (χ2v) is 9.57. The van der Waals surface area contributed by atoms with Gasteiger partial charge >= 0.3 is 5.97 Å². The average Bonchev–Trinajstić information content (AvgIpc) is 3.33. The Kier molecular flexibility index (Phi) is 8.32. The van der Waals surface area contributed by atoms with E-state index in [0.29, 0.717) is 18.0 Å². The number of rotatable bonds is 9. The fourth-order valence-electron chi connectivity index (χ4n) is 4.52. The minimum Gasteiger partial charge on any atom is -0.494 e. The standard InChI is InChI=1S/C27H29N3O4S/c1-2-33-20-14-12-19(13-15-20)30(17-7-16-28)25(31)18-34-27(32)22-9-4-3-8-21(22)26-29-23-10-5-6-11-24(23)35-26/h5-6,10-15,21-22H,2-4,7-9,17-18H2,1H3. The predicted octanol–water partition coefficient (Wildman–Crippen LogP) is 5.46. The van der Waals surface area contributed by atoms with Gasteiger partial charge in [-0.25, -0.2) is 4.98 Å². The highest BCUT2D eigenvalue weighted by atomic mass is 32.1. The Balaban J connectivity index is 1.43. The van der Waals surface area contributed by atoms with Crippen molar-refractivity contribution in [3.8, 4) is 11.8 Å². The normalized spacial score (nSPS) is 17.5. The van der Waals surface area contributed by atoms with Gasteiger partial charge in [0, 0.05) is 18.2 Å². The molecule has 0 aliphatic heterocycles. The molecule has 1 heterocycles. The van der Waals surface area contributed by atoms with E-state index < -0.39 is 0 Å². The second-order valence-electron chi connectivity index (χ2n) is 8.51. The van der Waals surface area contributed by atoms with E-state index in [1.54, 1.807) is 35.6 Å². The number of hydrogen-bond acceptors (Lipinski definition) is 7. The molecule has 1 fully saturated rings. The number of ether oxygens (including phenoxy) is 2. The molecule has 2 unspecified atom stereocenters. The van der Waals surface area contributed by atoms with Crippen molar-refractivity contribution in [3.63, 3.8) is 0 Å². The molecule has 2 aromatic carbocycles. The zero-order chi connectivity index (χ0) is 24.6. The zero-order valence-corrected chi connectivity index (χ0v) is 20.6. The number of esters is 1. The molecule has 1 aromatic heterocycles. The van der Waals surface area contributed by atoms with E-state index in [1.807, 2.05) is 31.2 Å². The molecule has 0 radical (unpaired) electrons. The van der Waals surface area contributed by atoms with Crippen LogP contribution in [0.2, 0.25) is 0 Å². The van der Waals surface area contributed by atoms with Crippen LogP contribution >= 0.6 is 11.3 Å². The summed E-state index contributed by atoms with van der Waals surface area (Å²) in [6, 6.07) is 17.2. The lowest BCUT2D eigenvalue weighted by atomic mass is 9.79. The van der Waals surface area contributed by atoms with Crippen LogP contribution in [0.15, 0.2) is 48.5 Å². The van der Waals surface area contributed by atoms with Gasteiger partial charge in [0.05, 0.1) is 40.2 Å². The fourth-order valence-corrected chi connectivity index (χ4v) is 5.69. The first-order valence-corrected chi connectivity index (χ1v) is 12.8. The molecule has 8 heteroatoms. The highest BCUT2D eigenvalue weighted by Crippen LogP contribution is 2.41. The highest BCUT2D eigenvalue weighted by Gasteiger charge is 2.35. The number of para-hydroxylation sites is 1. The molecule has 0 N–H and O–H groups in total. The quantitative estimate of drug-likeness (QED) is 0.369. The van der Waals surface area contributed by atoms with Gasteiger partial charge in [-0.05, 0) is 56.2 Å². The Labute approximate surface area is 209 Å². The van der Waals surface area contributed by atoms with Crippen molar-refractivity contribution in [2.45, 2.75) is 44.9 Å². The predicted molar refractivity (Wildman–Crippen MR) is 135 cm³/mol. The number of nitriles is 1. The number of benzene rings is 2. The van der Waals surface area contributed by atoms with Crippen molar-refractivity contribution in [1.29, 1.82) is 5.26 Å². The molecule has 1 aliphatic carbocycles. The Morgan fingerprint density at radius 3 is 2.66 bits per heavy atom. The Morgan fingerprint density at radius 1 is 1.14 bits per heavy atom. The smallest absolute Gasteiger partial charge is 0.310 e. The summed E-state index contributed by atoms with van der Waals surface area (Å²) in [5, 5.41) is 10.0. The lowest BCUT2D eigenvalue weighted by molar-refractivity contribution is -0.153. The molecule has 1 aliphatic rings. The molecule has 182 valence electrons. The Hall–Kier alpha value is -3.44. The zero-order valence-electron chi connectivity index (χ0n) is 19.8. The van der Waals surface area contributed by atoms with Crippen LogP contribution in [-0.2, 0) is 14.3 Å². The summed E-state index contributed by atoms with van der Waals surface area (Å²) in [4.78, 5) is 32.4. The molecule has 4 rings (SSSR count). The first-order valence-electron chi connectivity index (χ1n) is 12.0. The molecular formula is C27H29N3O4S. The highest BCUT2D eigenvalue weighted by molar-refractivity contribution is 7.18. The number of thiazole rings is 1. The van der Waals surface area contributed by atoms with Gasteiger partial charge in [0.2, 0.25) is 0 Å². The summed E-state index contributed by atoms with van der Waals surface area (Å²) < 4.78 is 12.1. The van der Waals surface area contributed by atoms with E-state index in [9.17, 15) is 9.59 Å². The Morgan fingerprint density at radius 2 is 1.91 bits per heavy atom. The number of fused-ring (bicyclic) bond motifs is 1. The van der Waals surface area contributed by atoms with Crippen molar-refractivity contribution in [2.75, 3.05) is 24.7 Å². The number of anilines is 1. The van der Waals surface area contributed by atoms with Crippen LogP contribution < -0.4 is 9.64 Å². The van der Waals surface area contributed by atoms with E-state index in [4.69, 9.17) is 19.7 Å². The molecule has 3 aromatic rings. The molecule has 0 spiro atoms. The first kappa shape index (κ1) is 24.7. The van der Waals surface area contributed by atoms with Crippen molar-refractivity contribution < 1.29 is 19.1 Å². The maximum Gasteiger partial charge on any atom is 0.310 e. The number of carbonyl (C=O) groups is 2. The second kappa shape index (κ2) is 11.8. The van der Waals surface area contributed by atoms with Gasteiger partial charge in [0.15, 0.2) is 6.61 Å². The van der Waals surface area contributed by atoms with E-state index in [0.717, 1.165) is 40.9 Å². The number of hydrogen-bond donors (Lipinski definition) is 0. The monoisotopic (exact) mass is 491 g/mol. The topological polar surface area (TPSA) is 92.5 Å². The first-order chi connectivity index (χ1) is 17.1. The molecule has 35 heavy (non-hydrogen) atoms. The van der Waals surface area contributed by atoms with E-state index >= 15 is 0 Å². The van der Waals surface area contributed by atoms with Gasteiger partial charge in [0.25, 0.3) is 5.91 Å². The van der Waals surface area contributed by atoms with Gasteiger partial charge in [-0.15, -0.1) is 11.3 Å². The third-order valence-electron chi connectivity index (χ3n) is 6.24. The van der Waals surface area contributed by atoms with Crippen LogP contribution in [0.4, 0.5) is 5.69 Å². The van der Waals surface area contributed by atoms with E-state index in [2.05, 4.69) is 6.07 Å². The van der Waals surface area contributed by atoms with Crippen LogP contribution in [0.3, 0.4) is 0 Å². The number of carbonyl (C=O) groups excluding carboxylic acids is 2. The fraction of sp³-hybridized carbons (Fsp3) is 0.407. The SMILES string of the molecule is CCOc1ccc(N(CCC#N)C(=O)COC(=O)C2CCCCC2c2nc3ccccc3s2)cc1. The maximum atomic E-state index is 13.1. The van der Waals surface area contributed by atoms with Crippen molar-refractivity contribution in [3.05, 3.63) is 53.5 Å². The van der Waals surface area contributed by atoms with Gasteiger partial charge < -0.3 is 14.4 Å². The minimum absolute atomic E-state index is 0.00422. The lowest BCUT2D eigenvalue weighted by Crippen LogP contribution is -2.37. The van der Waals surface area contributed by atoms with Gasteiger partial charge in [-0.3, -0.25) is 9.59 Å². The van der Waals surface area contributed by atoms with Crippen LogP contribution in [0, 0.1) is 17.2 Å². The average molecular weight is 492 g/mol. The largest absolute Gasteiger partial charge is 0.494 e. The van der Waals surface area contributed by atoms with Crippen molar-refractivity contribution in [2.24, 2.45) is 5.92 Å². The summed E-state index contributed by atoms with van der Waals surface area (Å²) in [6.07, 6.45) is 3.78. The van der Waals surface area contributed by atoms with E-state index in [-0.39, 0.29) is 43.3 Å². The number of nitrogens with zero attached hydrogens (tertiary/aromatic N) is 3. The summed E-state index contributed by atoms with van der Waals surface area (Å²) in [6.45, 7) is 2.31. The molecule has 1 amide bonds. The summed E-state index contributed by atoms with van der Waals surface area (Å²) in [7, 11) is 0. The third-order valence-corrected chi connectivity index (χ3v) is 7.41. The number of amides is 1. The van der Waals surface area contributed by atoms with Gasteiger partial charge in [0.1, 0.15) is 5.75 Å². The van der Waals surface area contributed by atoms with Crippen molar-refractivity contribution in [1.82, 2.24) is 4.98 Å². The third kappa shape index (κ3) is 5.98. The van der Waals surface area contributed by atoms with Gasteiger partial charge in [-0.2, -0.15) is 5.26 Å². The van der Waals surface area contributed by atoms with Crippen LogP contribution in [0.1, 0.15) is 50.0 Å². The molecule has 0 saturated heterocycles. The summed E-state index contributed by atoms with van der Waals surface area (Å²) in [5.74, 6) is -0.312. The molecular weight excluding hydrogens is 462 g/mol. The lowest BCUT2D eigenvalue weighted by Gasteiger charge is -2.29. The molecule has 1 saturated carbocycles. The van der Waals surface area contributed by atoms with Crippen LogP contribution in [0.5, 0.6) is 5.75 Å². The van der Waals surface area contributed by atoms with Crippen LogP contribution in [-0.4, -0.2) is 36.6 Å². The van der Waals surface area contributed by atoms with Crippen LogP contribution in [0.25, 0.3) is 10.2 Å². The number of aromatic nitrogens is 1. The van der Waals surface area contributed by atoms with Crippen molar-refractivity contribution >= 4 is 39.1 Å². The van der Waals surface area contributed by atoms with E-state index in [1.165, 1.54) is 4.90 Å². The molecule has 2 atom stereocenters. The Bertz CT molecular complexity index is 1170. The molecule has 0 bridgehead atoms. The summed E-state index contributed by atoms with van der Waals surface area (Å²) in [5.41, 5.74) is 1.58. The maximum absolute atomic E-state index is 13.1. The summed E-state index contributed by atoms with van der Waals surface area (Å²) >= 11 is 1.63. The minimum atomic E-state index is -0.361. The molecule has 7 nitrogen and oxygen atoms in total. The van der Waals surface area contributed by atoms with Gasteiger partial charge in [-0.1, -0.05) is 25.0 Å².